The van der Waals surface area contributed by atoms with Gasteiger partial charge in [0.15, 0.2) is 0 Å². The number of fused-ring (bicyclic) bond motifs is 1. The number of imide groups is 1. The van der Waals surface area contributed by atoms with Crippen molar-refractivity contribution in [3.05, 3.63) is 65.2 Å². The minimum Gasteiger partial charge on any atom is -0.350 e. The van der Waals surface area contributed by atoms with Gasteiger partial charge in [-0.15, -0.1) is 0 Å². The van der Waals surface area contributed by atoms with E-state index in [0.717, 1.165) is 10.5 Å². The third-order valence-corrected chi connectivity index (χ3v) is 4.54. The van der Waals surface area contributed by atoms with Crippen LogP contribution >= 0.6 is 0 Å². The second kappa shape index (κ2) is 8.35. The summed E-state index contributed by atoms with van der Waals surface area (Å²) in [5, 5.41) is 13.8. The van der Waals surface area contributed by atoms with Gasteiger partial charge in [0.25, 0.3) is 11.8 Å². The van der Waals surface area contributed by atoms with E-state index in [1.165, 1.54) is 6.92 Å². The van der Waals surface area contributed by atoms with Crippen LogP contribution in [-0.2, 0) is 16.1 Å². The number of rotatable bonds is 6. The molecule has 1 heterocycles. The Balaban J connectivity index is 1.58. The molecule has 0 fully saturated rings. The molecular weight excluding hydrogens is 372 g/mol. The standard InChI is InChI=1S/C21H18N4O4/c1-13(25-20(28)16-4-2-3-5-17(16)21(25)29)19(27)23-12-14-6-8-15(9-7-14)24-18(26)10-11-22/h2-9,13H,10,12H2,1H3,(H,23,27)(H,24,26). The van der Waals surface area contributed by atoms with E-state index >= 15 is 0 Å². The van der Waals surface area contributed by atoms with Gasteiger partial charge in [-0.3, -0.25) is 24.1 Å². The van der Waals surface area contributed by atoms with Crippen molar-refractivity contribution in [1.82, 2.24) is 10.2 Å². The van der Waals surface area contributed by atoms with Crippen LogP contribution in [0.3, 0.4) is 0 Å². The van der Waals surface area contributed by atoms with Gasteiger partial charge in [0.05, 0.1) is 17.2 Å². The predicted octanol–water partition coefficient (Wildman–Crippen LogP) is 1.84. The Labute approximate surface area is 167 Å². The molecule has 0 saturated carbocycles. The van der Waals surface area contributed by atoms with Crippen molar-refractivity contribution < 1.29 is 19.2 Å². The molecule has 2 aromatic carbocycles. The maximum absolute atomic E-state index is 12.5. The first kappa shape index (κ1) is 19.8. The lowest BCUT2D eigenvalue weighted by molar-refractivity contribution is -0.124. The van der Waals surface area contributed by atoms with Gasteiger partial charge in [-0.1, -0.05) is 24.3 Å². The number of carbonyl (C=O) groups is 4. The van der Waals surface area contributed by atoms with Crippen LogP contribution in [0.15, 0.2) is 48.5 Å². The summed E-state index contributed by atoms with van der Waals surface area (Å²) in [6.45, 7) is 1.70. The van der Waals surface area contributed by atoms with Crippen molar-refractivity contribution in [2.75, 3.05) is 5.32 Å². The van der Waals surface area contributed by atoms with Gasteiger partial charge >= 0.3 is 0 Å². The molecular formula is C21H18N4O4. The second-order valence-electron chi connectivity index (χ2n) is 6.50. The fourth-order valence-electron chi connectivity index (χ4n) is 3.00. The minimum atomic E-state index is -0.952. The number of hydrogen-bond donors (Lipinski definition) is 2. The number of amides is 4. The van der Waals surface area contributed by atoms with Crippen LogP contribution in [0.5, 0.6) is 0 Å². The summed E-state index contributed by atoms with van der Waals surface area (Å²) in [5.41, 5.74) is 1.91. The molecule has 0 radical (unpaired) electrons. The third-order valence-electron chi connectivity index (χ3n) is 4.54. The Morgan fingerprint density at radius 2 is 1.62 bits per heavy atom. The number of nitriles is 1. The van der Waals surface area contributed by atoms with Gasteiger partial charge < -0.3 is 10.6 Å². The zero-order valence-electron chi connectivity index (χ0n) is 15.6. The zero-order chi connectivity index (χ0) is 21.0. The summed E-state index contributed by atoms with van der Waals surface area (Å²) in [7, 11) is 0. The Bertz CT molecular complexity index is 989. The van der Waals surface area contributed by atoms with Crippen molar-refractivity contribution in [2.45, 2.75) is 25.9 Å². The van der Waals surface area contributed by atoms with Crippen LogP contribution in [0.2, 0.25) is 0 Å². The number of benzene rings is 2. The van der Waals surface area contributed by atoms with E-state index in [9.17, 15) is 19.2 Å². The van der Waals surface area contributed by atoms with E-state index < -0.39 is 29.7 Å². The highest BCUT2D eigenvalue weighted by Gasteiger charge is 2.40. The first-order chi connectivity index (χ1) is 13.9. The monoisotopic (exact) mass is 390 g/mol. The van der Waals surface area contributed by atoms with Gasteiger partial charge in [-0.05, 0) is 36.8 Å². The molecule has 1 aliphatic rings. The summed E-state index contributed by atoms with van der Waals surface area (Å²) in [4.78, 5) is 49.8. The third kappa shape index (κ3) is 4.14. The summed E-state index contributed by atoms with van der Waals surface area (Å²) in [6, 6.07) is 14.0. The molecule has 1 atom stereocenters. The van der Waals surface area contributed by atoms with Gasteiger partial charge in [-0.2, -0.15) is 5.26 Å². The number of nitrogens with one attached hydrogen (secondary N) is 2. The van der Waals surface area contributed by atoms with Crippen LogP contribution in [0, 0.1) is 11.3 Å². The summed E-state index contributed by atoms with van der Waals surface area (Å²) in [6.07, 6.45) is -0.229. The SMILES string of the molecule is CC(C(=O)NCc1ccc(NC(=O)CC#N)cc1)N1C(=O)c2ccccc2C1=O. The second-order valence-corrected chi connectivity index (χ2v) is 6.50. The molecule has 8 nitrogen and oxygen atoms in total. The molecule has 0 saturated heterocycles. The highest BCUT2D eigenvalue weighted by Crippen LogP contribution is 2.24. The van der Waals surface area contributed by atoms with Gasteiger partial charge in [0, 0.05) is 12.2 Å². The Morgan fingerprint density at radius 1 is 1.03 bits per heavy atom. The molecule has 8 heteroatoms. The molecule has 2 N–H and O–H groups in total. The average molecular weight is 390 g/mol. The van der Waals surface area contributed by atoms with Gasteiger partial charge in [0.1, 0.15) is 12.5 Å². The Kier molecular flexibility index (Phi) is 5.69. The zero-order valence-corrected chi connectivity index (χ0v) is 15.6. The minimum absolute atomic E-state index is 0.193. The number of hydrogen-bond acceptors (Lipinski definition) is 5. The quantitative estimate of drug-likeness (QED) is 0.730. The Morgan fingerprint density at radius 3 is 2.17 bits per heavy atom. The number of anilines is 1. The molecule has 1 aliphatic heterocycles. The summed E-state index contributed by atoms with van der Waals surface area (Å²) in [5.74, 6) is -1.81. The van der Waals surface area contributed by atoms with Gasteiger partial charge in [0.2, 0.25) is 11.8 Å². The molecule has 2 aromatic rings. The highest BCUT2D eigenvalue weighted by molar-refractivity contribution is 6.22. The lowest BCUT2D eigenvalue weighted by Crippen LogP contribution is -2.47. The smallest absolute Gasteiger partial charge is 0.262 e. The molecule has 0 aromatic heterocycles. The highest BCUT2D eigenvalue weighted by atomic mass is 16.2. The molecule has 3 rings (SSSR count). The fourth-order valence-corrected chi connectivity index (χ4v) is 3.00. The number of carbonyl (C=O) groups excluding carboxylic acids is 4. The Hall–Kier alpha value is -3.99. The normalized spacial score (nSPS) is 13.4. The van der Waals surface area contributed by atoms with Crippen LogP contribution in [0.4, 0.5) is 5.69 Å². The van der Waals surface area contributed by atoms with Crippen molar-refractivity contribution in [2.24, 2.45) is 0 Å². The van der Waals surface area contributed by atoms with Crippen molar-refractivity contribution >= 4 is 29.3 Å². The van der Waals surface area contributed by atoms with E-state index in [4.69, 9.17) is 5.26 Å². The maximum Gasteiger partial charge on any atom is 0.262 e. The van der Waals surface area contributed by atoms with Crippen LogP contribution in [0.25, 0.3) is 0 Å². The van der Waals surface area contributed by atoms with E-state index in [0.29, 0.717) is 16.8 Å². The predicted molar refractivity (Wildman–Crippen MR) is 104 cm³/mol. The molecule has 29 heavy (non-hydrogen) atoms. The van der Waals surface area contributed by atoms with E-state index in [1.807, 2.05) is 0 Å². The van der Waals surface area contributed by atoms with Crippen LogP contribution in [-0.4, -0.2) is 34.6 Å². The largest absolute Gasteiger partial charge is 0.350 e. The molecule has 0 spiro atoms. The lowest BCUT2D eigenvalue weighted by Gasteiger charge is -2.21. The maximum atomic E-state index is 12.5. The van der Waals surface area contributed by atoms with Crippen molar-refractivity contribution in [1.29, 1.82) is 5.26 Å². The fraction of sp³-hybridized carbons (Fsp3) is 0.190. The van der Waals surface area contributed by atoms with E-state index in [1.54, 1.807) is 54.6 Å². The molecule has 4 amide bonds. The van der Waals surface area contributed by atoms with Crippen LogP contribution < -0.4 is 10.6 Å². The van der Waals surface area contributed by atoms with Crippen molar-refractivity contribution in [3.8, 4) is 6.07 Å². The van der Waals surface area contributed by atoms with Crippen LogP contribution in [0.1, 0.15) is 39.6 Å². The topological polar surface area (TPSA) is 119 Å². The average Bonchev–Trinajstić information content (AvgIpc) is 2.97. The van der Waals surface area contributed by atoms with Gasteiger partial charge in [-0.25, -0.2) is 0 Å². The van der Waals surface area contributed by atoms with Crippen molar-refractivity contribution in [3.63, 3.8) is 0 Å². The molecule has 146 valence electrons. The lowest BCUT2D eigenvalue weighted by atomic mass is 10.1. The van der Waals surface area contributed by atoms with E-state index in [2.05, 4.69) is 10.6 Å². The summed E-state index contributed by atoms with van der Waals surface area (Å²) >= 11 is 0. The summed E-state index contributed by atoms with van der Waals surface area (Å²) < 4.78 is 0. The molecule has 0 bridgehead atoms. The molecule has 0 aliphatic carbocycles. The first-order valence-corrected chi connectivity index (χ1v) is 8.92. The molecule has 1 unspecified atom stereocenters. The number of nitrogens with zero attached hydrogens (tertiary/aromatic N) is 2. The van der Waals surface area contributed by atoms with E-state index in [-0.39, 0.29) is 13.0 Å². The first-order valence-electron chi connectivity index (χ1n) is 8.92.